The molecule has 0 spiro atoms. The number of carbonyl (C=O) groups is 1. The first-order valence-corrected chi connectivity index (χ1v) is 15.5. The van der Waals surface area contributed by atoms with Crippen molar-refractivity contribution in [2.24, 2.45) is 0 Å². The zero-order valence-electron chi connectivity index (χ0n) is 24.9. The van der Waals surface area contributed by atoms with Crippen LogP contribution in [0.5, 0.6) is 0 Å². The van der Waals surface area contributed by atoms with Gasteiger partial charge >= 0.3 is 0 Å². The number of non-ortho nitro benzene ring substituents is 1. The number of fused-ring (bicyclic) bond motifs is 6. The average molecular weight is 629 g/mol. The molecule has 47 heavy (non-hydrogen) atoms. The number of rotatable bonds is 5. The summed E-state index contributed by atoms with van der Waals surface area (Å²) in [6.07, 6.45) is 0. The first kappa shape index (κ1) is 28.4. The zero-order valence-corrected chi connectivity index (χ0v) is 25.7. The highest BCUT2D eigenvalue weighted by atomic mass is 35.5. The molecule has 0 saturated heterocycles. The molecule has 0 saturated carbocycles. The van der Waals surface area contributed by atoms with Crippen molar-refractivity contribution in [1.82, 2.24) is 0 Å². The fraction of sp³-hybridized carbons (Fsp3) is 0. The molecule has 0 aliphatic rings. The minimum absolute atomic E-state index is 0.163. The number of nitrogens with one attached hydrogen (secondary N) is 1. The van der Waals surface area contributed by atoms with E-state index in [0.29, 0.717) is 5.56 Å². The highest BCUT2D eigenvalue weighted by Crippen LogP contribution is 2.40. The fourth-order valence-corrected chi connectivity index (χ4v) is 6.74. The normalized spacial score (nSPS) is 11.3. The molecule has 8 aromatic carbocycles. The van der Waals surface area contributed by atoms with Gasteiger partial charge in [-0.2, -0.15) is 0 Å². The molecule has 1 amide bonds. The van der Waals surface area contributed by atoms with Crippen molar-refractivity contribution in [3.8, 4) is 22.3 Å². The van der Waals surface area contributed by atoms with E-state index >= 15 is 0 Å². The van der Waals surface area contributed by atoms with Crippen LogP contribution >= 0.6 is 11.6 Å². The van der Waals surface area contributed by atoms with Crippen LogP contribution in [0.15, 0.2) is 146 Å². The van der Waals surface area contributed by atoms with Gasteiger partial charge in [0.25, 0.3) is 11.6 Å². The summed E-state index contributed by atoms with van der Waals surface area (Å²) in [6, 6.07) is 47.5. The maximum absolute atomic E-state index is 14.0. The van der Waals surface area contributed by atoms with Crippen LogP contribution in [0.1, 0.15) is 10.4 Å². The van der Waals surface area contributed by atoms with E-state index in [4.69, 9.17) is 11.6 Å². The predicted molar refractivity (Wildman–Crippen MR) is 193 cm³/mol. The molecule has 0 radical (unpaired) electrons. The summed E-state index contributed by atoms with van der Waals surface area (Å²) in [7, 11) is 0. The van der Waals surface area contributed by atoms with E-state index in [1.54, 1.807) is 0 Å². The number of anilines is 1. The molecular formula is C41H25ClN2O3. The number of nitro benzene ring substituents is 1. The van der Waals surface area contributed by atoms with Crippen molar-refractivity contribution in [3.05, 3.63) is 166 Å². The van der Waals surface area contributed by atoms with Crippen LogP contribution in [0.2, 0.25) is 5.02 Å². The third-order valence-corrected chi connectivity index (χ3v) is 9.09. The van der Waals surface area contributed by atoms with Crippen LogP contribution in [0.4, 0.5) is 11.4 Å². The van der Waals surface area contributed by atoms with Gasteiger partial charge in [-0.15, -0.1) is 0 Å². The lowest BCUT2D eigenvalue weighted by Crippen LogP contribution is -2.13. The molecule has 5 nitrogen and oxygen atoms in total. The molecule has 0 aromatic heterocycles. The Morgan fingerprint density at radius 2 is 1.02 bits per heavy atom. The summed E-state index contributed by atoms with van der Waals surface area (Å²) < 4.78 is 0. The van der Waals surface area contributed by atoms with Gasteiger partial charge in [0.2, 0.25) is 0 Å². The molecule has 0 atom stereocenters. The van der Waals surface area contributed by atoms with E-state index < -0.39 is 10.8 Å². The van der Waals surface area contributed by atoms with Gasteiger partial charge in [-0.25, -0.2) is 0 Å². The summed E-state index contributed by atoms with van der Waals surface area (Å²) in [6.45, 7) is 0. The van der Waals surface area contributed by atoms with Gasteiger partial charge in [0.15, 0.2) is 0 Å². The predicted octanol–water partition coefficient (Wildman–Crippen LogP) is 11.4. The quantitative estimate of drug-likeness (QED) is 0.117. The van der Waals surface area contributed by atoms with Crippen LogP contribution in [0, 0.1) is 10.1 Å². The van der Waals surface area contributed by atoms with E-state index in [0.717, 1.165) is 65.3 Å². The Kier molecular flexibility index (Phi) is 6.89. The standard InChI is InChI=1S/C41H25ClN2O3/c42-39-18-17-30(44(46)47)24-40(39)43-41(45)29-20-27(37-22-25-9-1-3-11-31(25)33-13-5-7-15-35(33)37)19-28(21-29)38-23-26-10-2-4-12-32(26)34-14-6-8-16-36(34)38/h1-24H,(H,43,45). The van der Waals surface area contributed by atoms with Crippen molar-refractivity contribution < 1.29 is 9.72 Å². The Morgan fingerprint density at radius 1 is 0.553 bits per heavy atom. The number of amides is 1. The average Bonchev–Trinajstić information content (AvgIpc) is 3.11. The lowest BCUT2D eigenvalue weighted by molar-refractivity contribution is -0.384. The first-order valence-electron chi connectivity index (χ1n) is 15.2. The minimum atomic E-state index is -0.514. The Labute approximate surface area is 274 Å². The molecule has 1 N–H and O–H groups in total. The number of hydrogen-bond donors (Lipinski definition) is 1. The van der Waals surface area contributed by atoms with Crippen LogP contribution in [-0.4, -0.2) is 10.8 Å². The maximum atomic E-state index is 14.0. The van der Waals surface area contributed by atoms with Gasteiger partial charge < -0.3 is 5.32 Å². The number of nitro groups is 1. The highest BCUT2D eigenvalue weighted by Gasteiger charge is 2.18. The summed E-state index contributed by atoms with van der Waals surface area (Å²) >= 11 is 6.39. The molecule has 8 rings (SSSR count). The molecule has 0 bridgehead atoms. The second-order valence-electron chi connectivity index (χ2n) is 11.6. The molecule has 0 aliphatic carbocycles. The molecule has 224 valence electrons. The lowest BCUT2D eigenvalue weighted by atomic mass is 9.88. The van der Waals surface area contributed by atoms with Crippen molar-refractivity contribution in [1.29, 1.82) is 0 Å². The Hall–Kier alpha value is -6.04. The monoisotopic (exact) mass is 628 g/mol. The van der Waals surface area contributed by atoms with Crippen LogP contribution in [0.25, 0.3) is 65.3 Å². The summed E-state index contributed by atoms with van der Waals surface area (Å²) in [5, 5.41) is 23.4. The van der Waals surface area contributed by atoms with E-state index in [9.17, 15) is 14.9 Å². The van der Waals surface area contributed by atoms with Gasteiger partial charge in [-0.05, 0) is 102 Å². The third-order valence-electron chi connectivity index (χ3n) is 8.76. The first-order chi connectivity index (χ1) is 22.9. The maximum Gasteiger partial charge on any atom is 0.271 e. The summed E-state index contributed by atoms with van der Waals surface area (Å²) in [5.41, 5.74) is 4.14. The van der Waals surface area contributed by atoms with Gasteiger partial charge in [0.05, 0.1) is 15.6 Å². The molecule has 0 aliphatic heterocycles. The van der Waals surface area contributed by atoms with Gasteiger partial charge in [0, 0.05) is 17.7 Å². The SMILES string of the molecule is O=C(Nc1cc([N+](=O)[O-])ccc1Cl)c1cc(-c2cc3ccccc3c3ccccc23)cc(-c2cc3ccccc3c3ccccc23)c1. The highest BCUT2D eigenvalue weighted by molar-refractivity contribution is 6.34. The third kappa shape index (κ3) is 5.03. The minimum Gasteiger partial charge on any atom is -0.320 e. The lowest BCUT2D eigenvalue weighted by Gasteiger charge is -2.16. The molecule has 0 unspecified atom stereocenters. The van der Waals surface area contributed by atoms with Crippen molar-refractivity contribution in [2.75, 3.05) is 5.32 Å². The van der Waals surface area contributed by atoms with E-state index in [1.165, 1.54) is 18.2 Å². The topological polar surface area (TPSA) is 72.2 Å². The van der Waals surface area contributed by atoms with Crippen LogP contribution in [-0.2, 0) is 0 Å². The summed E-state index contributed by atoms with van der Waals surface area (Å²) in [4.78, 5) is 25.0. The smallest absolute Gasteiger partial charge is 0.271 e. The fourth-order valence-electron chi connectivity index (χ4n) is 6.57. The molecular weight excluding hydrogens is 604 g/mol. The summed E-state index contributed by atoms with van der Waals surface area (Å²) in [5.74, 6) is -0.425. The molecule has 8 aromatic rings. The Morgan fingerprint density at radius 3 is 1.53 bits per heavy atom. The van der Waals surface area contributed by atoms with E-state index in [-0.39, 0.29) is 16.4 Å². The van der Waals surface area contributed by atoms with Crippen molar-refractivity contribution in [3.63, 3.8) is 0 Å². The molecule has 6 heteroatoms. The van der Waals surface area contributed by atoms with Gasteiger partial charge in [-0.3, -0.25) is 14.9 Å². The van der Waals surface area contributed by atoms with E-state index in [2.05, 4.69) is 72.0 Å². The van der Waals surface area contributed by atoms with Crippen molar-refractivity contribution >= 4 is 72.0 Å². The number of benzene rings is 8. The Bertz CT molecular complexity index is 2440. The largest absolute Gasteiger partial charge is 0.320 e. The Balaban J connectivity index is 1.39. The number of nitrogens with zero attached hydrogens (tertiary/aromatic N) is 1. The van der Waals surface area contributed by atoms with Crippen LogP contribution < -0.4 is 5.32 Å². The van der Waals surface area contributed by atoms with Crippen LogP contribution in [0.3, 0.4) is 0 Å². The van der Waals surface area contributed by atoms with Gasteiger partial charge in [-0.1, -0.05) is 109 Å². The number of carbonyl (C=O) groups excluding carboxylic acids is 1. The number of hydrogen-bond acceptors (Lipinski definition) is 3. The second kappa shape index (κ2) is 11.4. The van der Waals surface area contributed by atoms with Gasteiger partial charge in [0.1, 0.15) is 0 Å². The molecule has 0 fully saturated rings. The van der Waals surface area contributed by atoms with E-state index in [1.807, 2.05) is 60.7 Å². The molecule has 0 heterocycles. The van der Waals surface area contributed by atoms with Crippen molar-refractivity contribution in [2.45, 2.75) is 0 Å². The second-order valence-corrected chi connectivity index (χ2v) is 12.0. The zero-order chi connectivity index (χ0) is 32.1. The number of halogens is 1.